The maximum Gasteiger partial charge on any atom is 0.490 e. The molecule has 1 saturated carbocycles. The molecule has 5 rings (SSSR count). The van der Waals surface area contributed by atoms with Gasteiger partial charge in [-0.05, 0) is 43.5 Å². The fourth-order valence-corrected chi connectivity index (χ4v) is 4.27. The van der Waals surface area contributed by atoms with E-state index in [-0.39, 0.29) is 24.5 Å². The molecule has 1 unspecified atom stereocenters. The number of halogens is 3. The zero-order valence-electron chi connectivity index (χ0n) is 17.6. The highest BCUT2D eigenvalue weighted by molar-refractivity contribution is 5.92. The molecule has 3 aromatic rings. The van der Waals surface area contributed by atoms with Gasteiger partial charge in [-0.25, -0.2) is 9.78 Å². The van der Waals surface area contributed by atoms with Crippen LogP contribution in [0.1, 0.15) is 24.8 Å². The molecule has 1 spiro atoms. The molecule has 1 atom stereocenters. The number of aromatic amines is 1. The van der Waals surface area contributed by atoms with Crippen molar-refractivity contribution in [3.05, 3.63) is 36.2 Å². The predicted molar refractivity (Wildman–Crippen MR) is 111 cm³/mol. The highest BCUT2D eigenvalue weighted by Gasteiger charge is 2.52. The summed E-state index contributed by atoms with van der Waals surface area (Å²) >= 11 is 0. The lowest BCUT2D eigenvalue weighted by atomic mass is 9.92. The summed E-state index contributed by atoms with van der Waals surface area (Å²) in [5.41, 5.74) is 2.76. The summed E-state index contributed by atoms with van der Waals surface area (Å²) in [6.45, 7) is 1.40. The molecule has 2 aromatic heterocycles. The van der Waals surface area contributed by atoms with Gasteiger partial charge in [-0.1, -0.05) is 6.07 Å². The summed E-state index contributed by atoms with van der Waals surface area (Å²) in [7, 11) is 0. The van der Waals surface area contributed by atoms with Gasteiger partial charge in [0.2, 0.25) is 5.88 Å². The van der Waals surface area contributed by atoms with Gasteiger partial charge in [0.15, 0.2) is 0 Å². The van der Waals surface area contributed by atoms with Gasteiger partial charge in [-0.2, -0.15) is 18.3 Å². The Labute approximate surface area is 186 Å². The van der Waals surface area contributed by atoms with Crippen LogP contribution in [0.25, 0.3) is 22.3 Å². The number of hydrogen-bond acceptors (Lipinski definition) is 7. The Morgan fingerprint density at radius 1 is 1.21 bits per heavy atom. The number of carbonyl (C=O) groups is 1. The second kappa shape index (κ2) is 8.29. The van der Waals surface area contributed by atoms with E-state index in [4.69, 9.17) is 4.74 Å². The molecule has 8 nitrogen and oxygen atoms in total. The van der Waals surface area contributed by atoms with E-state index in [1.807, 2.05) is 0 Å². The fourth-order valence-electron chi connectivity index (χ4n) is 4.27. The molecule has 1 saturated heterocycles. The Morgan fingerprint density at radius 3 is 2.85 bits per heavy atom. The average molecular weight is 461 g/mol. The molecular weight excluding hydrogens is 439 g/mol. The molecular formula is C22H22F3N5O3. The normalized spacial score (nSPS) is 19.5. The van der Waals surface area contributed by atoms with Crippen molar-refractivity contribution in [1.29, 1.82) is 0 Å². The minimum absolute atomic E-state index is 0.0535. The van der Waals surface area contributed by atoms with E-state index >= 15 is 0 Å². The van der Waals surface area contributed by atoms with Crippen LogP contribution in [0.5, 0.6) is 5.88 Å². The lowest BCUT2D eigenvalue weighted by Crippen LogP contribution is -2.45. The minimum atomic E-state index is -5.00. The van der Waals surface area contributed by atoms with Gasteiger partial charge in [0.1, 0.15) is 17.5 Å². The summed E-state index contributed by atoms with van der Waals surface area (Å²) in [4.78, 5) is 19.8. The molecule has 11 heteroatoms. The minimum Gasteiger partial charge on any atom is -0.471 e. The van der Waals surface area contributed by atoms with Gasteiger partial charge >= 0.3 is 12.1 Å². The molecule has 1 aliphatic heterocycles. The molecule has 174 valence electrons. The number of nitrogens with one attached hydrogen (secondary N) is 2. The summed E-state index contributed by atoms with van der Waals surface area (Å²) in [5.74, 6) is -1.76. The van der Waals surface area contributed by atoms with E-state index in [1.54, 1.807) is 30.6 Å². The van der Waals surface area contributed by atoms with Crippen molar-refractivity contribution in [3.8, 4) is 17.3 Å². The number of esters is 1. The van der Waals surface area contributed by atoms with Gasteiger partial charge in [0.25, 0.3) is 0 Å². The Balaban J connectivity index is 1.33. The molecule has 0 amide bonds. The number of benzene rings is 1. The first-order chi connectivity index (χ1) is 15.8. The van der Waals surface area contributed by atoms with Gasteiger partial charge in [0.05, 0.1) is 24.5 Å². The van der Waals surface area contributed by atoms with Crippen LogP contribution in [0.15, 0.2) is 30.6 Å². The topological polar surface area (TPSA) is 102 Å². The smallest absolute Gasteiger partial charge is 0.471 e. The second-order valence-electron chi connectivity index (χ2n) is 8.50. The SMILES string of the molecule is O=C(OCCc1ccc2[nH]nc(-c3cncc(OC4CNCCC45CC5)n3)c2c1)C(F)(F)F. The van der Waals surface area contributed by atoms with E-state index < -0.39 is 12.1 Å². The number of nitrogens with zero attached hydrogens (tertiary/aromatic N) is 3. The van der Waals surface area contributed by atoms with Crippen molar-refractivity contribution in [1.82, 2.24) is 25.5 Å². The maximum absolute atomic E-state index is 12.3. The summed E-state index contributed by atoms with van der Waals surface area (Å²) in [6.07, 6.45) is 1.78. The van der Waals surface area contributed by atoms with E-state index in [9.17, 15) is 18.0 Å². The Bertz CT molecular complexity index is 1180. The monoisotopic (exact) mass is 461 g/mol. The molecule has 0 bridgehead atoms. The van der Waals surface area contributed by atoms with Crippen molar-refractivity contribution in [2.24, 2.45) is 5.41 Å². The molecule has 2 aliphatic rings. The Kier molecular flexibility index (Phi) is 5.43. The fraction of sp³-hybridized carbons (Fsp3) is 0.455. The largest absolute Gasteiger partial charge is 0.490 e. The second-order valence-corrected chi connectivity index (χ2v) is 8.50. The van der Waals surface area contributed by atoms with Crippen molar-refractivity contribution in [2.75, 3.05) is 19.7 Å². The van der Waals surface area contributed by atoms with E-state index in [2.05, 4.69) is 30.2 Å². The number of aromatic nitrogens is 4. The van der Waals surface area contributed by atoms with Crippen LogP contribution in [-0.4, -0.2) is 58.1 Å². The zero-order valence-corrected chi connectivity index (χ0v) is 17.6. The standard InChI is InChI=1S/C22H22F3N5O3/c23-22(24,25)20(31)32-8-3-13-1-2-15-14(9-13)19(30-29-15)16-10-27-12-18(28-16)33-17-11-26-7-6-21(17)4-5-21/h1-2,9-10,12,17,26H,3-8,11H2,(H,29,30). The van der Waals surface area contributed by atoms with Gasteiger partial charge in [0, 0.05) is 23.8 Å². The highest BCUT2D eigenvalue weighted by atomic mass is 19.4. The van der Waals surface area contributed by atoms with Crippen molar-refractivity contribution >= 4 is 16.9 Å². The molecule has 3 heterocycles. The number of H-pyrrole nitrogens is 1. The number of hydrogen-bond donors (Lipinski definition) is 2. The zero-order chi connectivity index (χ0) is 23.1. The van der Waals surface area contributed by atoms with E-state index in [0.29, 0.717) is 22.8 Å². The lowest BCUT2D eigenvalue weighted by Gasteiger charge is -2.32. The van der Waals surface area contributed by atoms with Crippen LogP contribution in [0, 0.1) is 5.41 Å². The van der Waals surface area contributed by atoms with E-state index in [1.165, 1.54) is 0 Å². The van der Waals surface area contributed by atoms with Crippen LogP contribution >= 0.6 is 0 Å². The van der Waals surface area contributed by atoms with Gasteiger partial charge in [-0.3, -0.25) is 10.1 Å². The third-order valence-corrected chi connectivity index (χ3v) is 6.31. The van der Waals surface area contributed by atoms with Crippen molar-refractivity contribution in [3.63, 3.8) is 0 Å². The Morgan fingerprint density at radius 2 is 2.06 bits per heavy atom. The van der Waals surface area contributed by atoms with Crippen molar-refractivity contribution in [2.45, 2.75) is 38.0 Å². The molecule has 1 aliphatic carbocycles. The predicted octanol–water partition coefficient (Wildman–Crippen LogP) is 3.19. The van der Waals surface area contributed by atoms with E-state index in [0.717, 1.165) is 43.3 Å². The van der Waals surface area contributed by atoms with Crippen LogP contribution in [-0.2, 0) is 16.0 Å². The number of fused-ring (bicyclic) bond motifs is 1. The van der Waals surface area contributed by atoms with Gasteiger partial charge in [-0.15, -0.1) is 0 Å². The summed E-state index contributed by atoms with van der Waals surface area (Å²) < 4.78 is 47.4. The van der Waals surface area contributed by atoms with Crippen LogP contribution < -0.4 is 10.1 Å². The molecule has 33 heavy (non-hydrogen) atoms. The first-order valence-electron chi connectivity index (χ1n) is 10.7. The van der Waals surface area contributed by atoms with Crippen LogP contribution in [0.2, 0.25) is 0 Å². The number of carbonyl (C=O) groups excluding carboxylic acids is 1. The van der Waals surface area contributed by atoms with Crippen molar-refractivity contribution < 1.29 is 27.4 Å². The molecule has 0 radical (unpaired) electrons. The summed E-state index contributed by atoms with van der Waals surface area (Å²) in [5, 5.41) is 11.4. The van der Waals surface area contributed by atoms with Crippen LogP contribution in [0.3, 0.4) is 0 Å². The number of rotatable bonds is 6. The highest BCUT2D eigenvalue weighted by Crippen LogP contribution is 2.53. The number of ether oxygens (including phenoxy) is 2. The molecule has 2 N–H and O–H groups in total. The summed E-state index contributed by atoms with van der Waals surface area (Å²) in [6, 6.07) is 5.29. The lowest BCUT2D eigenvalue weighted by molar-refractivity contribution is -0.199. The number of piperidine rings is 1. The first-order valence-corrected chi connectivity index (χ1v) is 10.7. The third-order valence-electron chi connectivity index (χ3n) is 6.31. The number of alkyl halides is 3. The average Bonchev–Trinajstić information content (AvgIpc) is 3.43. The first kappa shape index (κ1) is 21.6. The molecule has 2 fully saturated rings. The van der Waals surface area contributed by atoms with Gasteiger partial charge < -0.3 is 14.8 Å². The third kappa shape index (κ3) is 4.50. The maximum atomic E-state index is 12.3. The van der Waals surface area contributed by atoms with Crippen LogP contribution in [0.4, 0.5) is 13.2 Å². The quantitative estimate of drug-likeness (QED) is 0.544. The Hall–Kier alpha value is -3.21. The molecule has 1 aromatic carbocycles.